The Bertz CT molecular complexity index is 391. The first kappa shape index (κ1) is 16.4. The van der Waals surface area contributed by atoms with E-state index in [1.54, 1.807) is 23.9 Å². The van der Waals surface area contributed by atoms with Gasteiger partial charge in [-0.25, -0.2) is 0 Å². The van der Waals surface area contributed by atoms with Crippen LogP contribution in [-0.4, -0.2) is 5.75 Å². The molecule has 0 unspecified atom stereocenters. The number of hydrogen-bond donors (Lipinski definition) is 0. The van der Waals surface area contributed by atoms with E-state index in [2.05, 4.69) is 27.7 Å². The number of halogens is 3. The van der Waals surface area contributed by atoms with Crippen LogP contribution in [0, 0.1) is 11.3 Å². The molecule has 0 spiro atoms. The van der Waals surface area contributed by atoms with Crippen LogP contribution in [0.25, 0.3) is 0 Å². The summed E-state index contributed by atoms with van der Waals surface area (Å²) in [6, 6.07) is 5.41. The molecule has 0 radical (unpaired) electrons. The summed E-state index contributed by atoms with van der Waals surface area (Å²) in [6.07, 6.45) is -3.14. The van der Waals surface area contributed by atoms with E-state index in [4.69, 9.17) is 0 Å². The fourth-order valence-corrected chi connectivity index (χ4v) is 3.19. The van der Waals surface area contributed by atoms with Crippen molar-refractivity contribution in [1.29, 1.82) is 0 Å². The molecule has 0 amide bonds. The molecule has 1 rings (SSSR count). The van der Waals surface area contributed by atoms with Crippen molar-refractivity contribution in [2.75, 3.05) is 5.75 Å². The van der Waals surface area contributed by atoms with Gasteiger partial charge < -0.3 is 0 Å². The molecule has 0 bridgehead atoms. The molecule has 0 aliphatic rings. The summed E-state index contributed by atoms with van der Waals surface area (Å²) in [5.74, 6) is 1.54. The molecule has 0 saturated heterocycles. The molecule has 0 aliphatic heterocycles. The molecule has 1 aromatic carbocycles. The lowest BCUT2D eigenvalue weighted by atomic mass is 9.86. The Morgan fingerprint density at radius 2 is 1.58 bits per heavy atom. The fourth-order valence-electron chi connectivity index (χ4n) is 2.18. The predicted octanol–water partition coefficient (Wildman–Crippen LogP) is 5.87. The van der Waals surface area contributed by atoms with E-state index in [0.29, 0.717) is 5.92 Å². The zero-order valence-corrected chi connectivity index (χ0v) is 12.7. The van der Waals surface area contributed by atoms with Gasteiger partial charge in [-0.3, -0.25) is 0 Å². The molecule has 0 heterocycles. The van der Waals surface area contributed by atoms with Gasteiger partial charge in [-0.1, -0.05) is 27.7 Å². The van der Waals surface area contributed by atoms with Gasteiger partial charge in [-0.2, -0.15) is 13.2 Å². The van der Waals surface area contributed by atoms with Gasteiger partial charge in [0.2, 0.25) is 0 Å². The van der Waals surface area contributed by atoms with Crippen molar-refractivity contribution in [1.82, 2.24) is 0 Å². The van der Waals surface area contributed by atoms with Crippen LogP contribution < -0.4 is 0 Å². The van der Waals surface area contributed by atoms with Gasteiger partial charge in [0.1, 0.15) is 0 Å². The van der Waals surface area contributed by atoms with Crippen molar-refractivity contribution in [2.24, 2.45) is 11.3 Å². The zero-order chi connectivity index (χ0) is 14.7. The Balaban J connectivity index is 2.59. The quantitative estimate of drug-likeness (QED) is 0.611. The Morgan fingerprint density at radius 1 is 1.05 bits per heavy atom. The molecule has 4 heteroatoms. The minimum atomic E-state index is -4.25. The van der Waals surface area contributed by atoms with Crippen LogP contribution in [0.3, 0.4) is 0 Å². The number of benzene rings is 1. The zero-order valence-electron chi connectivity index (χ0n) is 11.8. The summed E-state index contributed by atoms with van der Waals surface area (Å²) in [4.78, 5) is 0.893. The van der Waals surface area contributed by atoms with E-state index in [1.165, 1.54) is 0 Å². The van der Waals surface area contributed by atoms with Crippen LogP contribution in [0.15, 0.2) is 29.2 Å². The van der Waals surface area contributed by atoms with E-state index in [9.17, 15) is 13.2 Å². The lowest BCUT2D eigenvalue weighted by Gasteiger charge is -2.26. The van der Waals surface area contributed by atoms with Crippen molar-refractivity contribution < 1.29 is 13.2 Å². The first-order valence-electron chi connectivity index (χ1n) is 6.40. The maximum absolute atomic E-state index is 12.4. The average Bonchev–Trinajstić information content (AvgIpc) is 2.24. The topological polar surface area (TPSA) is 0 Å². The van der Waals surface area contributed by atoms with Gasteiger partial charge in [0.15, 0.2) is 0 Å². The maximum Gasteiger partial charge on any atom is 0.416 e. The summed E-state index contributed by atoms with van der Waals surface area (Å²) >= 11 is 1.62. The van der Waals surface area contributed by atoms with E-state index >= 15 is 0 Å². The SMILES string of the molecule is CC(C)CC(C)(C)CSc1ccc(C(F)(F)F)cc1. The van der Waals surface area contributed by atoms with Gasteiger partial charge in [-0.05, 0) is 42.0 Å². The van der Waals surface area contributed by atoms with Gasteiger partial charge in [0.25, 0.3) is 0 Å². The molecule has 0 saturated carbocycles. The molecule has 0 atom stereocenters. The van der Waals surface area contributed by atoms with E-state index in [-0.39, 0.29) is 5.41 Å². The predicted molar refractivity (Wildman–Crippen MR) is 75.4 cm³/mol. The number of thioether (sulfide) groups is 1. The lowest BCUT2D eigenvalue weighted by molar-refractivity contribution is -0.137. The molecular weight excluding hydrogens is 269 g/mol. The van der Waals surface area contributed by atoms with E-state index < -0.39 is 11.7 Å². The second-order valence-electron chi connectivity index (χ2n) is 6.07. The average molecular weight is 290 g/mol. The lowest BCUT2D eigenvalue weighted by Crippen LogP contribution is -2.17. The minimum Gasteiger partial charge on any atom is -0.166 e. The highest BCUT2D eigenvalue weighted by molar-refractivity contribution is 7.99. The number of alkyl halides is 3. The fraction of sp³-hybridized carbons (Fsp3) is 0.600. The van der Waals surface area contributed by atoms with Crippen LogP contribution in [0.1, 0.15) is 39.7 Å². The van der Waals surface area contributed by atoms with Crippen LogP contribution in [-0.2, 0) is 6.18 Å². The molecule has 0 aromatic heterocycles. The van der Waals surface area contributed by atoms with Gasteiger partial charge >= 0.3 is 6.18 Å². The van der Waals surface area contributed by atoms with Crippen LogP contribution >= 0.6 is 11.8 Å². The molecule has 0 N–H and O–H groups in total. The Kier molecular flexibility index (Phi) is 5.36. The Hall–Kier alpha value is -0.640. The minimum absolute atomic E-state index is 0.196. The van der Waals surface area contributed by atoms with Crippen LogP contribution in [0.2, 0.25) is 0 Å². The summed E-state index contributed by atoms with van der Waals surface area (Å²) in [6.45, 7) is 8.77. The summed E-state index contributed by atoms with van der Waals surface area (Å²) in [7, 11) is 0. The monoisotopic (exact) mass is 290 g/mol. The second kappa shape index (κ2) is 6.21. The van der Waals surface area contributed by atoms with Crippen molar-refractivity contribution >= 4 is 11.8 Å². The number of rotatable bonds is 5. The van der Waals surface area contributed by atoms with Crippen molar-refractivity contribution in [3.8, 4) is 0 Å². The highest BCUT2D eigenvalue weighted by Gasteiger charge is 2.30. The molecule has 0 aliphatic carbocycles. The molecule has 0 nitrogen and oxygen atoms in total. The van der Waals surface area contributed by atoms with Gasteiger partial charge in [0.05, 0.1) is 5.56 Å². The third-order valence-corrected chi connectivity index (χ3v) is 4.30. The highest BCUT2D eigenvalue weighted by atomic mass is 32.2. The highest BCUT2D eigenvalue weighted by Crippen LogP contribution is 2.34. The smallest absolute Gasteiger partial charge is 0.166 e. The third-order valence-electron chi connectivity index (χ3n) is 2.77. The molecule has 19 heavy (non-hydrogen) atoms. The standard InChI is InChI=1S/C15H21F3S/c1-11(2)9-14(3,4)10-19-13-7-5-12(6-8-13)15(16,17)18/h5-8,11H,9-10H2,1-4H3. The van der Waals surface area contributed by atoms with Crippen molar-refractivity contribution in [2.45, 2.75) is 45.2 Å². The van der Waals surface area contributed by atoms with Gasteiger partial charge in [0, 0.05) is 10.6 Å². The molecule has 1 aromatic rings. The summed E-state index contributed by atoms with van der Waals surface area (Å²) in [5, 5.41) is 0. The van der Waals surface area contributed by atoms with Crippen molar-refractivity contribution in [3.05, 3.63) is 29.8 Å². The first-order valence-corrected chi connectivity index (χ1v) is 7.39. The van der Waals surface area contributed by atoms with Crippen LogP contribution in [0.5, 0.6) is 0 Å². The Labute approximate surface area is 117 Å². The molecule has 0 fully saturated rings. The summed E-state index contributed by atoms with van der Waals surface area (Å²) in [5.41, 5.74) is -0.389. The largest absolute Gasteiger partial charge is 0.416 e. The van der Waals surface area contributed by atoms with Crippen LogP contribution in [0.4, 0.5) is 13.2 Å². The van der Waals surface area contributed by atoms with Gasteiger partial charge in [-0.15, -0.1) is 11.8 Å². The van der Waals surface area contributed by atoms with Crippen molar-refractivity contribution in [3.63, 3.8) is 0 Å². The third kappa shape index (κ3) is 5.89. The number of hydrogen-bond acceptors (Lipinski definition) is 1. The first-order chi connectivity index (χ1) is 8.60. The summed E-state index contributed by atoms with van der Waals surface area (Å²) < 4.78 is 37.3. The molecular formula is C15H21F3S. The Morgan fingerprint density at radius 3 is 2.00 bits per heavy atom. The molecule has 108 valence electrons. The maximum atomic E-state index is 12.4. The second-order valence-corrected chi connectivity index (χ2v) is 7.12. The van der Waals surface area contributed by atoms with E-state index in [1.807, 2.05) is 0 Å². The normalized spacial score (nSPS) is 13.1. The van der Waals surface area contributed by atoms with E-state index in [0.717, 1.165) is 29.2 Å².